The largest absolute Gasteiger partial charge is 0.378 e. The summed E-state index contributed by atoms with van der Waals surface area (Å²) in [6, 6.07) is 6.96. The number of aromatic nitrogens is 3. The van der Waals surface area contributed by atoms with Gasteiger partial charge >= 0.3 is 0 Å². The van der Waals surface area contributed by atoms with Gasteiger partial charge in [0.1, 0.15) is 10.7 Å². The number of rotatable bonds is 5. The summed E-state index contributed by atoms with van der Waals surface area (Å²) in [6.07, 6.45) is 1.46. The summed E-state index contributed by atoms with van der Waals surface area (Å²) in [5, 5.41) is 8.42. The molecule has 8 heteroatoms. The van der Waals surface area contributed by atoms with Gasteiger partial charge in [-0.05, 0) is 38.1 Å². The van der Waals surface area contributed by atoms with Gasteiger partial charge in [-0.3, -0.25) is 0 Å². The van der Waals surface area contributed by atoms with Crippen molar-refractivity contribution in [1.82, 2.24) is 14.8 Å². The topological polar surface area (TPSA) is 61.2 Å². The van der Waals surface area contributed by atoms with Crippen LogP contribution in [0.2, 0.25) is 0 Å². The molecule has 1 saturated heterocycles. The van der Waals surface area contributed by atoms with Gasteiger partial charge < -0.3 is 14.8 Å². The predicted molar refractivity (Wildman–Crippen MR) is 97.1 cm³/mol. The molecule has 4 rings (SSSR count). The van der Waals surface area contributed by atoms with E-state index in [1.54, 1.807) is 16.9 Å². The minimum Gasteiger partial charge on any atom is -0.378 e. The number of benzene rings is 1. The Morgan fingerprint density at radius 3 is 2.77 bits per heavy atom. The summed E-state index contributed by atoms with van der Waals surface area (Å²) >= 11 is 1.53. The van der Waals surface area contributed by atoms with Crippen LogP contribution in [-0.4, -0.2) is 28.0 Å². The Bertz CT molecular complexity index is 918. The first-order valence-corrected chi connectivity index (χ1v) is 9.16. The van der Waals surface area contributed by atoms with Crippen LogP contribution in [0.5, 0.6) is 0 Å². The molecule has 0 bridgehead atoms. The average Bonchev–Trinajstić information content (AvgIpc) is 3.34. The highest BCUT2D eigenvalue weighted by molar-refractivity contribution is 7.11. The second-order valence-electron chi connectivity index (χ2n) is 6.09. The summed E-state index contributed by atoms with van der Waals surface area (Å²) in [5.41, 5.74) is 2.89. The molecule has 0 atom stereocenters. The number of nitrogens with zero attached hydrogens (tertiary/aromatic N) is 3. The van der Waals surface area contributed by atoms with E-state index in [9.17, 15) is 4.39 Å². The van der Waals surface area contributed by atoms with Crippen molar-refractivity contribution < 1.29 is 13.9 Å². The maximum absolute atomic E-state index is 14.5. The molecule has 0 amide bonds. The van der Waals surface area contributed by atoms with E-state index in [2.05, 4.69) is 15.4 Å². The highest BCUT2D eigenvalue weighted by Crippen LogP contribution is 2.28. The maximum Gasteiger partial charge on any atom is 0.194 e. The highest BCUT2D eigenvalue weighted by Gasteiger charge is 2.20. The third-order valence-corrected chi connectivity index (χ3v) is 5.07. The minimum absolute atomic E-state index is 0.307. The van der Waals surface area contributed by atoms with Crippen LogP contribution in [0.4, 0.5) is 10.1 Å². The monoisotopic (exact) mass is 374 g/mol. The fraction of sp³-hybridized carbons (Fsp3) is 0.333. The molecule has 2 aromatic heterocycles. The second-order valence-corrected chi connectivity index (χ2v) is 7.24. The van der Waals surface area contributed by atoms with Crippen molar-refractivity contribution >= 4 is 17.0 Å². The number of anilines is 1. The van der Waals surface area contributed by atoms with E-state index in [1.807, 2.05) is 26.0 Å². The van der Waals surface area contributed by atoms with Crippen molar-refractivity contribution in [3.8, 4) is 5.69 Å². The Kier molecular flexibility index (Phi) is 4.71. The van der Waals surface area contributed by atoms with E-state index in [0.29, 0.717) is 31.1 Å². The van der Waals surface area contributed by atoms with Gasteiger partial charge in [0.05, 0.1) is 30.3 Å². The molecular formula is C18H19FN4O2S. The van der Waals surface area contributed by atoms with E-state index in [4.69, 9.17) is 9.47 Å². The zero-order chi connectivity index (χ0) is 18.1. The first-order chi connectivity index (χ1) is 12.6. The molecule has 136 valence electrons. The maximum atomic E-state index is 14.5. The second kappa shape index (κ2) is 7.14. The fourth-order valence-corrected chi connectivity index (χ4v) is 3.74. The molecule has 3 heterocycles. The molecular weight excluding hydrogens is 355 g/mol. The Balaban J connectivity index is 1.44. The predicted octanol–water partition coefficient (Wildman–Crippen LogP) is 3.74. The van der Waals surface area contributed by atoms with Crippen molar-refractivity contribution in [2.45, 2.75) is 26.7 Å². The van der Waals surface area contributed by atoms with E-state index < -0.39 is 0 Å². The third-order valence-electron chi connectivity index (χ3n) is 4.05. The molecule has 0 unspecified atom stereocenters. The molecule has 1 fully saturated rings. The van der Waals surface area contributed by atoms with Crippen LogP contribution in [-0.2, 0) is 16.0 Å². The van der Waals surface area contributed by atoms with E-state index in [0.717, 1.165) is 21.3 Å². The molecule has 0 aliphatic carbocycles. The van der Waals surface area contributed by atoms with Crippen LogP contribution in [0.25, 0.3) is 5.69 Å². The summed E-state index contributed by atoms with van der Waals surface area (Å²) < 4.78 is 27.1. The van der Waals surface area contributed by atoms with Crippen molar-refractivity contribution in [1.29, 1.82) is 0 Å². The Morgan fingerprint density at radius 1 is 1.27 bits per heavy atom. The van der Waals surface area contributed by atoms with Crippen molar-refractivity contribution in [3.05, 3.63) is 57.6 Å². The number of ether oxygens (including phenoxy) is 2. The van der Waals surface area contributed by atoms with E-state index in [-0.39, 0.29) is 12.1 Å². The van der Waals surface area contributed by atoms with Gasteiger partial charge in [-0.2, -0.15) is 5.10 Å². The van der Waals surface area contributed by atoms with Gasteiger partial charge in [-0.25, -0.2) is 14.1 Å². The number of hydrogen-bond acceptors (Lipinski definition) is 6. The average molecular weight is 374 g/mol. The molecule has 1 aliphatic heterocycles. The lowest BCUT2D eigenvalue weighted by Crippen LogP contribution is -2.04. The summed E-state index contributed by atoms with van der Waals surface area (Å²) in [4.78, 5) is 5.32. The van der Waals surface area contributed by atoms with Crippen LogP contribution in [0, 0.1) is 19.7 Å². The third kappa shape index (κ3) is 3.48. The van der Waals surface area contributed by atoms with Gasteiger partial charge in [-0.15, -0.1) is 11.3 Å². The molecule has 1 N–H and O–H groups in total. The summed E-state index contributed by atoms with van der Waals surface area (Å²) in [5.74, 6) is -0.325. The van der Waals surface area contributed by atoms with Crippen LogP contribution in [0.1, 0.15) is 27.6 Å². The lowest BCUT2D eigenvalue weighted by Gasteiger charge is -2.09. The van der Waals surface area contributed by atoms with Crippen molar-refractivity contribution in [3.63, 3.8) is 0 Å². The van der Waals surface area contributed by atoms with Crippen molar-refractivity contribution in [2.75, 3.05) is 18.5 Å². The molecule has 6 nitrogen and oxygen atoms in total. The Morgan fingerprint density at radius 2 is 2.08 bits per heavy atom. The smallest absolute Gasteiger partial charge is 0.194 e. The number of nitrogens with one attached hydrogen (secondary N) is 1. The SMILES string of the molecule is Cc1cc(C)n(-c2ccc(NCc3ncc(C4OCCO4)s3)cc2F)n1. The summed E-state index contributed by atoms with van der Waals surface area (Å²) in [7, 11) is 0. The van der Waals surface area contributed by atoms with Gasteiger partial charge in [0.15, 0.2) is 12.1 Å². The Hall–Kier alpha value is -2.29. The molecule has 3 aromatic rings. The zero-order valence-electron chi connectivity index (χ0n) is 14.5. The first-order valence-electron chi connectivity index (χ1n) is 8.35. The molecule has 0 radical (unpaired) electrons. The first kappa shape index (κ1) is 17.1. The lowest BCUT2D eigenvalue weighted by atomic mass is 10.2. The fourth-order valence-electron chi connectivity index (χ4n) is 2.88. The zero-order valence-corrected chi connectivity index (χ0v) is 15.3. The van der Waals surface area contributed by atoms with Gasteiger partial charge in [0.2, 0.25) is 0 Å². The molecule has 26 heavy (non-hydrogen) atoms. The number of aryl methyl sites for hydroxylation is 2. The molecule has 0 spiro atoms. The van der Waals surface area contributed by atoms with Gasteiger partial charge in [0.25, 0.3) is 0 Å². The molecule has 0 saturated carbocycles. The van der Waals surface area contributed by atoms with Crippen LogP contribution in [0.3, 0.4) is 0 Å². The highest BCUT2D eigenvalue weighted by atomic mass is 32.1. The molecule has 1 aromatic carbocycles. The van der Waals surface area contributed by atoms with Crippen LogP contribution < -0.4 is 5.32 Å². The Labute approximate surface area is 154 Å². The number of hydrogen-bond donors (Lipinski definition) is 1. The number of halogens is 1. The quantitative estimate of drug-likeness (QED) is 0.737. The lowest BCUT2D eigenvalue weighted by molar-refractivity contribution is -0.0414. The van der Waals surface area contributed by atoms with Crippen LogP contribution in [0.15, 0.2) is 30.5 Å². The molecule has 1 aliphatic rings. The van der Waals surface area contributed by atoms with Crippen molar-refractivity contribution in [2.24, 2.45) is 0 Å². The van der Waals surface area contributed by atoms with Gasteiger partial charge in [0, 0.05) is 17.6 Å². The van der Waals surface area contributed by atoms with Crippen LogP contribution >= 0.6 is 11.3 Å². The normalized spacial score (nSPS) is 14.9. The number of thiazole rings is 1. The summed E-state index contributed by atoms with van der Waals surface area (Å²) in [6.45, 7) is 5.52. The standard InChI is InChI=1S/C18H19FN4O2S/c1-11-7-12(2)23(22-11)15-4-3-13(8-14(15)19)20-10-17-21-9-16(26-17)18-24-5-6-25-18/h3-4,7-9,18,20H,5-6,10H2,1-2H3. The minimum atomic E-state index is -0.325. The van der Waals surface area contributed by atoms with E-state index in [1.165, 1.54) is 17.4 Å². The van der Waals surface area contributed by atoms with E-state index >= 15 is 0 Å². The van der Waals surface area contributed by atoms with Gasteiger partial charge in [-0.1, -0.05) is 0 Å².